The summed E-state index contributed by atoms with van der Waals surface area (Å²) in [5, 5.41) is 3.43. The SMILES string of the molecule is C=CCN(Cc1cc(CNCCC)c(C)o1)C1CC1. The highest BCUT2D eigenvalue weighted by molar-refractivity contribution is 5.21. The Labute approximate surface area is 116 Å². The predicted octanol–water partition coefficient (Wildman–Crippen LogP) is 3.24. The van der Waals surface area contributed by atoms with E-state index in [-0.39, 0.29) is 0 Å². The van der Waals surface area contributed by atoms with Crippen molar-refractivity contribution in [3.05, 3.63) is 35.8 Å². The van der Waals surface area contributed by atoms with Gasteiger partial charge >= 0.3 is 0 Å². The zero-order valence-electron chi connectivity index (χ0n) is 12.2. The van der Waals surface area contributed by atoms with E-state index in [0.717, 1.165) is 43.7 Å². The van der Waals surface area contributed by atoms with Gasteiger partial charge < -0.3 is 9.73 Å². The third kappa shape index (κ3) is 4.22. The van der Waals surface area contributed by atoms with Crippen molar-refractivity contribution in [3.63, 3.8) is 0 Å². The summed E-state index contributed by atoms with van der Waals surface area (Å²) >= 11 is 0. The Hall–Kier alpha value is -1.06. The van der Waals surface area contributed by atoms with Gasteiger partial charge in [-0.15, -0.1) is 6.58 Å². The standard InChI is InChI=1S/C16H26N2O/c1-4-8-17-11-14-10-16(19-13(14)3)12-18(9-5-2)15-6-7-15/h5,10,15,17H,2,4,6-9,11-12H2,1,3H3. The Kier molecular flexibility index (Phi) is 5.23. The maximum absolute atomic E-state index is 5.88. The minimum atomic E-state index is 0.741. The molecule has 1 saturated carbocycles. The lowest BCUT2D eigenvalue weighted by atomic mass is 10.2. The van der Waals surface area contributed by atoms with Gasteiger partial charge in [-0.1, -0.05) is 13.0 Å². The van der Waals surface area contributed by atoms with Crippen molar-refractivity contribution in [2.75, 3.05) is 13.1 Å². The molecule has 1 N–H and O–H groups in total. The van der Waals surface area contributed by atoms with Crippen LogP contribution in [0, 0.1) is 6.92 Å². The molecule has 1 aliphatic carbocycles. The van der Waals surface area contributed by atoms with Crippen LogP contribution in [0.4, 0.5) is 0 Å². The maximum atomic E-state index is 5.88. The van der Waals surface area contributed by atoms with Crippen LogP contribution in [-0.2, 0) is 13.1 Å². The van der Waals surface area contributed by atoms with Crippen LogP contribution in [0.15, 0.2) is 23.1 Å². The molecule has 3 heteroatoms. The number of nitrogens with zero attached hydrogens (tertiary/aromatic N) is 1. The fraction of sp³-hybridized carbons (Fsp3) is 0.625. The lowest BCUT2D eigenvalue weighted by Crippen LogP contribution is -2.25. The molecule has 1 aromatic rings. The van der Waals surface area contributed by atoms with Crippen LogP contribution >= 0.6 is 0 Å². The van der Waals surface area contributed by atoms with Crippen LogP contribution in [0.1, 0.15) is 43.3 Å². The largest absolute Gasteiger partial charge is 0.465 e. The summed E-state index contributed by atoms with van der Waals surface area (Å²) in [5.74, 6) is 2.13. The first-order chi connectivity index (χ1) is 9.24. The summed E-state index contributed by atoms with van der Waals surface area (Å²) in [6.07, 6.45) is 5.78. The summed E-state index contributed by atoms with van der Waals surface area (Å²) < 4.78 is 5.88. The second-order valence-corrected chi connectivity index (χ2v) is 5.42. The predicted molar refractivity (Wildman–Crippen MR) is 79.1 cm³/mol. The van der Waals surface area contributed by atoms with Crippen molar-refractivity contribution in [2.45, 2.75) is 52.2 Å². The second-order valence-electron chi connectivity index (χ2n) is 5.42. The van der Waals surface area contributed by atoms with E-state index in [1.165, 1.54) is 24.8 Å². The van der Waals surface area contributed by atoms with Gasteiger partial charge in [-0.25, -0.2) is 0 Å². The summed E-state index contributed by atoms with van der Waals surface area (Å²) in [7, 11) is 0. The van der Waals surface area contributed by atoms with Gasteiger partial charge in [0.2, 0.25) is 0 Å². The van der Waals surface area contributed by atoms with Crippen molar-refractivity contribution in [2.24, 2.45) is 0 Å². The molecule has 0 spiro atoms. The summed E-state index contributed by atoms with van der Waals surface area (Å²) in [6, 6.07) is 2.95. The molecule has 1 heterocycles. The van der Waals surface area contributed by atoms with Gasteiger partial charge in [0.1, 0.15) is 11.5 Å². The Morgan fingerprint density at radius 1 is 1.53 bits per heavy atom. The van der Waals surface area contributed by atoms with Crippen molar-refractivity contribution in [1.82, 2.24) is 10.2 Å². The fourth-order valence-corrected chi connectivity index (χ4v) is 2.39. The Balaban J connectivity index is 1.92. The van der Waals surface area contributed by atoms with Crippen molar-refractivity contribution in [1.29, 1.82) is 0 Å². The zero-order chi connectivity index (χ0) is 13.7. The highest BCUT2D eigenvalue weighted by Gasteiger charge is 2.28. The summed E-state index contributed by atoms with van der Waals surface area (Å²) in [5.41, 5.74) is 1.29. The quantitative estimate of drug-likeness (QED) is 0.547. The van der Waals surface area contributed by atoms with Gasteiger partial charge in [-0.05, 0) is 38.8 Å². The second kappa shape index (κ2) is 6.92. The topological polar surface area (TPSA) is 28.4 Å². The Morgan fingerprint density at radius 3 is 2.95 bits per heavy atom. The minimum absolute atomic E-state index is 0.741. The zero-order valence-corrected chi connectivity index (χ0v) is 12.2. The first-order valence-corrected chi connectivity index (χ1v) is 7.38. The van der Waals surface area contributed by atoms with Gasteiger partial charge in [0, 0.05) is 24.7 Å². The molecule has 0 atom stereocenters. The number of nitrogens with one attached hydrogen (secondary N) is 1. The number of aryl methyl sites for hydroxylation is 1. The van der Waals surface area contributed by atoms with Crippen LogP contribution in [0.3, 0.4) is 0 Å². The van der Waals surface area contributed by atoms with Crippen molar-refractivity contribution < 1.29 is 4.42 Å². The average molecular weight is 262 g/mol. The number of furan rings is 1. The molecule has 0 bridgehead atoms. The van der Waals surface area contributed by atoms with Gasteiger partial charge in [0.15, 0.2) is 0 Å². The maximum Gasteiger partial charge on any atom is 0.118 e. The van der Waals surface area contributed by atoms with Gasteiger partial charge in [0.25, 0.3) is 0 Å². The van der Waals surface area contributed by atoms with E-state index in [1.54, 1.807) is 0 Å². The molecule has 0 aliphatic heterocycles. The van der Waals surface area contributed by atoms with Crippen molar-refractivity contribution in [3.8, 4) is 0 Å². The van der Waals surface area contributed by atoms with Crippen LogP contribution in [-0.4, -0.2) is 24.0 Å². The molecule has 0 saturated heterocycles. The molecular weight excluding hydrogens is 236 g/mol. The average Bonchev–Trinajstić information content (AvgIpc) is 3.16. The molecule has 19 heavy (non-hydrogen) atoms. The smallest absolute Gasteiger partial charge is 0.118 e. The van der Waals surface area contributed by atoms with E-state index in [2.05, 4.69) is 36.7 Å². The number of hydrogen-bond donors (Lipinski definition) is 1. The molecule has 1 fully saturated rings. The molecule has 106 valence electrons. The molecular formula is C16H26N2O. The molecule has 1 aromatic heterocycles. The highest BCUT2D eigenvalue weighted by Crippen LogP contribution is 2.28. The van der Waals surface area contributed by atoms with E-state index in [4.69, 9.17) is 4.42 Å². The molecule has 0 radical (unpaired) electrons. The molecule has 0 aromatic carbocycles. The Bertz CT molecular complexity index is 407. The molecule has 3 nitrogen and oxygen atoms in total. The van der Waals surface area contributed by atoms with E-state index >= 15 is 0 Å². The number of hydrogen-bond acceptors (Lipinski definition) is 3. The highest BCUT2D eigenvalue weighted by atomic mass is 16.3. The fourth-order valence-electron chi connectivity index (χ4n) is 2.39. The van der Waals surface area contributed by atoms with E-state index in [9.17, 15) is 0 Å². The van der Waals surface area contributed by atoms with Gasteiger partial charge in [-0.3, -0.25) is 4.90 Å². The van der Waals surface area contributed by atoms with Crippen LogP contribution in [0.25, 0.3) is 0 Å². The van der Waals surface area contributed by atoms with Crippen LogP contribution in [0.2, 0.25) is 0 Å². The van der Waals surface area contributed by atoms with Crippen molar-refractivity contribution >= 4 is 0 Å². The third-order valence-corrected chi connectivity index (χ3v) is 3.60. The monoisotopic (exact) mass is 262 g/mol. The lowest BCUT2D eigenvalue weighted by Gasteiger charge is -2.18. The normalized spacial score (nSPS) is 15.1. The molecule has 0 amide bonds. The first-order valence-electron chi connectivity index (χ1n) is 7.38. The van der Waals surface area contributed by atoms with Crippen LogP contribution < -0.4 is 5.32 Å². The van der Waals surface area contributed by atoms with Crippen LogP contribution in [0.5, 0.6) is 0 Å². The molecule has 0 unspecified atom stereocenters. The van der Waals surface area contributed by atoms with E-state index in [1.807, 2.05) is 6.08 Å². The molecule has 1 aliphatic rings. The van der Waals surface area contributed by atoms with Gasteiger partial charge in [0.05, 0.1) is 6.54 Å². The minimum Gasteiger partial charge on any atom is -0.465 e. The summed E-state index contributed by atoms with van der Waals surface area (Å²) in [4.78, 5) is 2.45. The van der Waals surface area contributed by atoms with E-state index in [0.29, 0.717) is 0 Å². The third-order valence-electron chi connectivity index (χ3n) is 3.60. The Morgan fingerprint density at radius 2 is 2.32 bits per heavy atom. The van der Waals surface area contributed by atoms with Gasteiger partial charge in [-0.2, -0.15) is 0 Å². The number of rotatable bonds is 9. The summed E-state index contributed by atoms with van der Waals surface area (Å²) in [6.45, 7) is 11.9. The van der Waals surface area contributed by atoms with E-state index < -0.39 is 0 Å². The first kappa shape index (κ1) is 14.4. The molecule has 2 rings (SSSR count). The lowest BCUT2D eigenvalue weighted by molar-refractivity contribution is 0.256.